The number of carbonyl (C=O) groups excluding carboxylic acids is 2. The Morgan fingerprint density at radius 3 is 2.26 bits per heavy atom. The number of nitrogens with zero attached hydrogens (tertiary/aromatic N) is 1. The minimum Gasteiger partial charge on any atom is -0.481 e. The summed E-state index contributed by atoms with van der Waals surface area (Å²) in [6, 6.07) is 16.3. The molecule has 3 atom stereocenters. The van der Waals surface area contributed by atoms with Crippen molar-refractivity contribution in [1.29, 1.82) is 0 Å². The van der Waals surface area contributed by atoms with Gasteiger partial charge in [-0.1, -0.05) is 55.0 Å². The maximum absolute atomic E-state index is 12.9. The van der Waals surface area contributed by atoms with Gasteiger partial charge in [-0.15, -0.1) is 0 Å². The van der Waals surface area contributed by atoms with Crippen molar-refractivity contribution in [3.8, 4) is 11.1 Å². The normalized spacial score (nSPS) is 23.8. The molecule has 34 heavy (non-hydrogen) atoms. The summed E-state index contributed by atoms with van der Waals surface area (Å²) in [6.07, 6.45) is 3.06. The Morgan fingerprint density at radius 2 is 1.62 bits per heavy atom. The number of aliphatic carboxylic acids is 1. The number of nitrogens with one attached hydrogen (secondary N) is 1. The molecule has 5 rings (SSSR count). The van der Waals surface area contributed by atoms with Crippen LogP contribution in [0.1, 0.15) is 49.1 Å². The summed E-state index contributed by atoms with van der Waals surface area (Å²) in [5.74, 6) is -1.46. The van der Waals surface area contributed by atoms with Gasteiger partial charge in [0.1, 0.15) is 6.61 Å². The molecule has 2 fully saturated rings. The van der Waals surface area contributed by atoms with Gasteiger partial charge in [-0.2, -0.15) is 0 Å². The van der Waals surface area contributed by atoms with Crippen LogP contribution in [0.5, 0.6) is 0 Å². The van der Waals surface area contributed by atoms with E-state index >= 15 is 0 Å². The number of alkyl carbamates (subject to hydrolysis) is 1. The minimum absolute atomic E-state index is 0.0104. The number of hydrogen-bond donors (Lipinski definition) is 2. The lowest BCUT2D eigenvalue weighted by molar-refractivity contribution is -0.141. The molecule has 3 aliphatic rings. The summed E-state index contributed by atoms with van der Waals surface area (Å²) in [5.41, 5.74) is 4.72. The number of amides is 2. The molecular weight excluding hydrogens is 432 g/mol. The minimum atomic E-state index is -0.839. The van der Waals surface area contributed by atoms with E-state index in [2.05, 4.69) is 29.6 Å². The van der Waals surface area contributed by atoms with E-state index in [-0.39, 0.29) is 36.9 Å². The number of ether oxygens (including phenoxy) is 1. The van der Waals surface area contributed by atoms with Crippen molar-refractivity contribution in [1.82, 2.24) is 10.2 Å². The van der Waals surface area contributed by atoms with Crippen LogP contribution >= 0.6 is 0 Å². The van der Waals surface area contributed by atoms with Crippen molar-refractivity contribution in [3.63, 3.8) is 0 Å². The van der Waals surface area contributed by atoms with Crippen LogP contribution < -0.4 is 5.32 Å². The topological polar surface area (TPSA) is 95.9 Å². The molecule has 1 aliphatic heterocycles. The predicted octanol–water partition coefficient (Wildman–Crippen LogP) is 4.02. The predicted molar refractivity (Wildman–Crippen MR) is 126 cm³/mol. The zero-order valence-electron chi connectivity index (χ0n) is 19.1. The van der Waals surface area contributed by atoms with E-state index in [9.17, 15) is 19.5 Å². The molecule has 0 spiro atoms. The largest absolute Gasteiger partial charge is 0.481 e. The summed E-state index contributed by atoms with van der Waals surface area (Å²) >= 11 is 0. The Bertz CT molecular complexity index is 1050. The highest BCUT2D eigenvalue weighted by Crippen LogP contribution is 2.44. The third kappa shape index (κ3) is 4.39. The molecule has 2 aromatic rings. The number of benzene rings is 2. The van der Waals surface area contributed by atoms with Gasteiger partial charge < -0.3 is 20.1 Å². The van der Waals surface area contributed by atoms with E-state index in [0.29, 0.717) is 19.4 Å². The van der Waals surface area contributed by atoms with Crippen LogP contribution in [-0.4, -0.2) is 53.7 Å². The first-order chi connectivity index (χ1) is 16.5. The second kappa shape index (κ2) is 9.49. The molecule has 1 saturated carbocycles. The highest BCUT2D eigenvalue weighted by molar-refractivity contribution is 5.81. The molecule has 1 heterocycles. The summed E-state index contributed by atoms with van der Waals surface area (Å²) in [4.78, 5) is 38.5. The van der Waals surface area contributed by atoms with Crippen molar-refractivity contribution in [2.45, 2.75) is 44.1 Å². The van der Waals surface area contributed by atoms with E-state index in [0.717, 1.165) is 19.3 Å². The van der Waals surface area contributed by atoms with Gasteiger partial charge in [-0.05, 0) is 47.9 Å². The molecule has 2 aliphatic carbocycles. The summed E-state index contributed by atoms with van der Waals surface area (Å²) in [6.45, 7) is 1.05. The third-order valence-electron chi connectivity index (χ3n) is 7.54. The van der Waals surface area contributed by atoms with Crippen molar-refractivity contribution in [3.05, 3.63) is 59.7 Å². The number of hydrogen-bond acceptors (Lipinski definition) is 4. The fourth-order valence-corrected chi connectivity index (χ4v) is 5.77. The van der Waals surface area contributed by atoms with E-state index in [4.69, 9.17) is 4.74 Å². The summed E-state index contributed by atoms with van der Waals surface area (Å²) in [7, 11) is 0. The molecule has 1 unspecified atom stereocenters. The van der Waals surface area contributed by atoms with Crippen LogP contribution in [0.4, 0.5) is 4.79 Å². The van der Waals surface area contributed by atoms with Gasteiger partial charge in [0, 0.05) is 31.0 Å². The molecule has 2 N–H and O–H groups in total. The van der Waals surface area contributed by atoms with Gasteiger partial charge in [0.2, 0.25) is 5.91 Å². The average Bonchev–Trinajstić information content (AvgIpc) is 3.46. The van der Waals surface area contributed by atoms with Crippen LogP contribution in [0.15, 0.2) is 48.5 Å². The lowest BCUT2D eigenvalue weighted by Crippen LogP contribution is -2.43. The molecule has 7 nitrogen and oxygen atoms in total. The van der Waals surface area contributed by atoms with E-state index in [1.807, 2.05) is 24.3 Å². The van der Waals surface area contributed by atoms with E-state index in [1.54, 1.807) is 4.90 Å². The van der Waals surface area contributed by atoms with Crippen LogP contribution in [0.2, 0.25) is 0 Å². The molecule has 0 radical (unpaired) electrons. The second-order valence-electron chi connectivity index (χ2n) is 9.64. The first kappa shape index (κ1) is 22.4. The van der Waals surface area contributed by atoms with Gasteiger partial charge in [0.05, 0.1) is 5.92 Å². The van der Waals surface area contributed by atoms with E-state index in [1.165, 1.54) is 22.3 Å². The maximum Gasteiger partial charge on any atom is 0.407 e. The SMILES string of the molecule is O=C(N[C@@H]1CCC[C@@H](C(=O)N2CCC(C(=O)O)C2)C1)OCC1c2ccccc2-c2ccccc21. The van der Waals surface area contributed by atoms with Crippen LogP contribution in [0.3, 0.4) is 0 Å². The Hall–Kier alpha value is -3.35. The third-order valence-corrected chi connectivity index (χ3v) is 7.54. The van der Waals surface area contributed by atoms with Gasteiger partial charge in [-0.25, -0.2) is 4.79 Å². The monoisotopic (exact) mass is 462 g/mol. The fourth-order valence-electron chi connectivity index (χ4n) is 5.77. The number of carboxylic acid groups (broad SMARTS) is 1. The zero-order valence-corrected chi connectivity index (χ0v) is 19.1. The first-order valence-electron chi connectivity index (χ1n) is 12.1. The number of fused-ring (bicyclic) bond motifs is 3. The molecule has 2 amide bonds. The number of likely N-dealkylation sites (tertiary alicyclic amines) is 1. The van der Waals surface area contributed by atoms with Gasteiger partial charge in [-0.3, -0.25) is 9.59 Å². The zero-order chi connectivity index (χ0) is 23.7. The molecule has 1 saturated heterocycles. The molecule has 2 aromatic carbocycles. The lowest BCUT2D eigenvalue weighted by Gasteiger charge is -2.31. The second-order valence-corrected chi connectivity index (χ2v) is 9.64. The summed E-state index contributed by atoms with van der Waals surface area (Å²) in [5, 5.41) is 12.2. The highest BCUT2D eigenvalue weighted by atomic mass is 16.5. The van der Waals surface area contributed by atoms with Gasteiger partial charge in [0.15, 0.2) is 0 Å². The summed E-state index contributed by atoms with van der Waals surface area (Å²) < 4.78 is 5.67. The van der Waals surface area contributed by atoms with Gasteiger partial charge in [0.25, 0.3) is 0 Å². The number of carbonyl (C=O) groups is 3. The Kier molecular flexibility index (Phi) is 6.26. The molecule has 7 heteroatoms. The maximum atomic E-state index is 12.9. The van der Waals surface area contributed by atoms with Gasteiger partial charge >= 0.3 is 12.1 Å². The van der Waals surface area contributed by atoms with Crippen molar-refractivity contribution in [2.75, 3.05) is 19.7 Å². The standard InChI is InChI=1S/C27H30N2O5/c30-25(29-13-12-18(15-29)26(31)32)17-6-5-7-19(14-17)28-27(33)34-16-24-22-10-3-1-8-20(22)21-9-2-4-11-23(21)24/h1-4,8-11,17-19,24H,5-7,12-16H2,(H,28,33)(H,31,32)/t17-,18?,19-/m1/s1. The van der Waals surface area contributed by atoms with Crippen molar-refractivity contribution < 1.29 is 24.2 Å². The Labute approximate surface area is 199 Å². The average molecular weight is 463 g/mol. The molecular formula is C27H30N2O5. The molecule has 0 bridgehead atoms. The quantitative estimate of drug-likeness (QED) is 0.700. The molecule has 0 aromatic heterocycles. The van der Waals surface area contributed by atoms with Crippen LogP contribution in [0, 0.1) is 11.8 Å². The Balaban J connectivity index is 1.16. The van der Waals surface area contributed by atoms with Crippen LogP contribution in [0.25, 0.3) is 11.1 Å². The van der Waals surface area contributed by atoms with Crippen LogP contribution in [-0.2, 0) is 14.3 Å². The number of carboxylic acids is 1. The number of rotatable bonds is 5. The van der Waals surface area contributed by atoms with Crippen molar-refractivity contribution in [2.24, 2.45) is 11.8 Å². The first-order valence-corrected chi connectivity index (χ1v) is 12.1. The Morgan fingerprint density at radius 1 is 0.941 bits per heavy atom. The highest BCUT2D eigenvalue weighted by Gasteiger charge is 2.36. The lowest BCUT2D eigenvalue weighted by atomic mass is 9.85. The van der Waals surface area contributed by atoms with Crippen molar-refractivity contribution >= 4 is 18.0 Å². The smallest absolute Gasteiger partial charge is 0.407 e. The molecule has 178 valence electrons. The fraction of sp³-hybridized carbons (Fsp3) is 0.444. The van der Waals surface area contributed by atoms with E-state index < -0.39 is 18.0 Å².